The molecule has 1 aromatic rings. The van der Waals surface area contributed by atoms with E-state index < -0.39 is 0 Å². The van der Waals surface area contributed by atoms with Crippen molar-refractivity contribution in [1.29, 1.82) is 5.26 Å². The first-order valence-electron chi connectivity index (χ1n) is 7.67. The van der Waals surface area contributed by atoms with Gasteiger partial charge in [0.25, 0.3) is 0 Å². The lowest BCUT2D eigenvalue weighted by molar-refractivity contribution is -0.119. The molecule has 1 aromatic carbocycles. The molecular formula is C17H23N3OS. The monoisotopic (exact) mass is 317 g/mol. The number of amides is 1. The molecule has 0 aliphatic carbocycles. The molecule has 2 rings (SSSR count). The minimum absolute atomic E-state index is 0.0934. The van der Waals surface area contributed by atoms with Gasteiger partial charge in [0.1, 0.15) is 0 Å². The molecule has 0 radical (unpaired) electrons. The van der Waals surface area contributed by atoms with E-state index in [-0.39, 0.29) is 5.91 Å². The Morgan fingerprint density at radius 2 is 2.09 bits per heavy atom. The van der Waals surface area contributed by atoms with Crippen molar-refractivity contribution < 1.29 is 4.79 Å². The number of rotatable bonds is 5. The summed E-state index contributed by atoms with van der Waals surface area (Å²) in [5.74, 6) is 2.28. The van der Waals surface area contributed by atoms with Crippen molar-refractivity contribution in [1.82, 2.24) is 4.90 Å². The molecule has 0 aromatic heterocycles. The summed E-state index contributed by atoms with van der Waals surface area (Å²) in [6.07, 6.45) is 0.356. The van der Waals surface area contributed by atoms with E-state index >= 15 is 0 Å². The fourth-order valence-electron chi connectivity index (χ4n) is 2.61. The average Bonchev–Trinajstić information content (AvgIpc) is 2.52. The van der Waals surface area contributed by atoms with Crippen molar-refractivity contribution in [2.75, 3.05) is 42.6 Å². The van der Waals surface area contributed by atoms with Crippen molar-refractivity contribution in [3.05, 3.63) is 29.3 Å². The molecule has 0 N–H and O–H groups in total. The molecule has 4 nitrogen and oxygen atoms in total. The zero-order chi connectivity index (χ0) is 15.9. The molecule has 1 aliphatic heterocycles. The lowest BCUT2D eigenvalue weighted by atomic mass is 10.1. The molecular weight excluding hydrogens is 294 g/mol. The molecule has 1 saturated heterocycles. The largest absolute Gasteiger partial charge is 0.310 e. The third-order valence-corrected chi connectivity index (χ3v) is 5.02. The normalized spacial score (nSPS) is 15.3. The van der Waals surface area contributed by atoms with E-state index in [1.807, 2.05) is 43.8 Å². The van der Waals surface area contributed by atoms with Crippen LogP contribution in [-0.4, -0.2) is 48.5 Å². The van der Waals surface area contributed by atoms with Crippen molar-refractivity contribution in [2.24, 2.45) is 0 Å². The lowest BCUT2D eigenvalue weighted by Crippen LogP contribution is -2.44. The summed E-state index contributed by atoms with van der Waals surface area (Å²) in [4.78, 5) is 16.7. The van der Waals surface area contributed by atoms with Crippen LogP contribution in [0, 0.1) is 25.2 Å². The highest BCUT2D eigenvalue weighted by Gasteiger charge is 2.21. The van der Waals surface area contributed by atoms with Gasteiger partial charge in [-0.05, 0) is 31.0 Å². The van der Waals surface area contributed by atoms with E-state index in [1.165, 1.54) is 5.56 Å². The van der Waals surface area contributed by atoms with Gasteiger partial charge in [0.05, 0.1) is 19.0 Å². The summed E-state index contributed by atoms with van der Waals surface area (Å²) in [5.41, 5.74) is 3.22. The van der Waals surface area contributed by atoms with Gasteiger partial charge in [-0.25, -0.2) is 0 Å². The first-order valence-corrected chi connectivity index (χ1v) is 8.82. The van der Waals surface area contributed by atoms with E-state index in [1.54, 1.807) is 4.90 Å². The van der Waals surface area contributed by atoms with E-state index in [0.29, 0.717) is 19.5 Å². The molecule has 1 heterocycles. The number of anilines is 1. The zero-order valence-electron chi connectivity index (χ0n) is 13.3. The van der Waals surface area contributed by atoms with Gasteiger partial charge < -0.3 is 4.90 Å². The second kappa shape index (κ2) is 8.21. The van der Waals surface area contributed by atoms with Crippen molar-refractivity contribution in [2.45, 2.75) is 20.3 Å². The predicted molar refractivity (Wildman–Crippen MR) is 92.3 cm³/mol. The van der Waals surface area contributed by atoms with Gasteiger partial charge in [-0.2, -0.15) is 17.0 Å². The van der Waals surface area contributed by atoms with E-state index in [4.69, 9.17) is 5.26 Å². The van der Waals surface area contributed by atoms with Crippen LogP contribution in [0.2, 0.25) is 0 Å². The number of nitrogens with zero attached hydrogens (tertiary/aromatic N) is 3. The Hall–Kier alpha value is -1.51. The molecule has 0 spiro atoms. The standard InChI is InChI=1S/C17H23N3OS/c1-14-5-3-6-16(15(14)2)20(8-4-7-18)17(21)13-19-9-11-22-12-10-19/h3,5-6H,4,8-13H2,1-2H3. The van der Waals surface area contributed by atoms with Crippen LogP contribution in [0.25, 0.3) is 0 Å². The van der Waals surface area contributed by atoms with Crippen LogP contribution >= 0.6 is 11.8 Å². The van der Waals surface area contributed by atoms with Crippen LogP contribution in [0.4, 0.5) is 5.69 Å². The molecule has 22 heavy (non-hydrogen) atoms. The quantitative estimate of drug-likeness (QED) is 0.837. The van der Waals surface area contributed by atoms with Gasteiger partial charge >= 0.3 is 0 Å². The number of carbonyl (C=O) groups is 1. The molecule has 1 fully saturated rings. The van der Waals surface area contributed by atoms with Crippen LogP contribution in [0.5, 0.6) is 0 Å². The Kier molecular flexibility index (Phi) is 6.29. The summed E-state index contributed by atoms with van der Waals surface area (Å²) in [6.45, 7) is 6.93. The van der Waals surface area contributed by atoms with Crippen molar-refractivity contribution in [3.63, 3.8) is 0 Å². The molecule has 0 atom stereocenters. The Bertz CT molecular complexity index is 562. The topological polar surface area (TPSA) is 47.3 Å². The summed E-state index contributed by atoms with van der Waals surface area (Å²) in [5, 5.41) is 8.89. The minimum atomic E-state index is 0.0934. The van der Waals surface area contributed by atoms with Crippen molar-refractivity contribution in [3.8, 4) is 6.07 Å². The molecule has 0 bridgehead atoms. The Balaban J connectivity index is 2.15. The van der Waals surface area contributed by atoms with Gasteiger partial charge in [-0.1, -0.05) is 12.1 Å². The van der Waals surface area contributed by atoms with Crippen LogP contribution in [0.1, 0.15) is 17.5 Å². The molecule has 1 amide bonds. The number of hydrogen-bond acceptors (Lipinski definition) is 4. The summed E-state index contributed by atoms with van der Waals surface area (Å²) in [6, 6.07) is 8.15. The second-order valence-electron chi connectivity index (χ2n) is 5.56. The van der Waals surface area contributed by atoms with E-state index in [2.05, 4.69) is 11.0 Å². The maximum atomic E-state index is 12.7. The predicted octanol–water partition coefficient (Wildman–Crippen LogP) is 2.60. The molecule has 5 heteroatoms. The highest BCUT2D eigenvalue weighted by Crippen LogP contribution is 2.23. The van der Waals surface area contributed by atoms with Crippen LogP contribution in [0.15, 0.2) is 18.2 Å². The molecule has 0 unspecified atom stereocenters. The SMILES string of the molecule is Cc1cccc(N(CCC#N)C(=O)CN2CCSCC2)c1C. The molecule has 118 valence electrons. The Labute approximate surface area is 137 Å². The summed E-state index contributed by atoms with van der Waals surface area (Å²) >= 11 is 1.94. The van der Waals surface area contributed by atoms with Gasteiger partial charge in [-0.3, -0.25) is 9.69 Å². The molecule has 0 saturated carbocycles. The molecule has 1 aliphatic rings. The number of carbonyl (C=O) groups excluding carboxylic acids is 1. The van der Waals surface area contributed by atoms with E-state index in [0.717, 1.165) is 35.8 Å². The summed E-state index contributed by atoms with van der Waals surface area (Å²) in [7, 11) is 0. The van der Waals surface area contributed by atoms with Gasteiger partial charge in [-0.15, -0.1) is 0 Å². The maximum Gasteiger partial charge on any atom is 0.241 e. The van der Waals surface area contributed by atoms with Gasteiger partial charge in [0.15, 0.2) is 0 Å². The maximum absolute atomic E-state index is 12.7. The number of aryl methyl sites for hydroxylation is 1. The smallest absolute Gasteiger partial charge is 0.241 e. The fourth-order valence-corrected chi connectivity index (χ4v) is 3.58. The number of thioether (sulfide) groups is 1. The second-order valence-corrected chi connectivity index (χ2v) is 6.79. The highest BCUT2D eigenvalue weighted by molar-refractivity contribution is 7.99. The Morgan fingerprint density at radius 3 is 2.77 bits per heavy atom. The fraction of sp³-hybridized carbons (Fsp3) is 0.529. The average molecular weight is 317 g/mol. The first kappa shape index (κ1) is 16.9. The van der Waals surface area contributed by atoms with E-state index in [9.17, 15) is 4.79 Å². The number of benzene rings is 1. The summed E-state index contributed by atoms with van der Waals surface area (Å²) < 4.78 is 0. The first-order chi connectivity index (χ1) is 10.6. The number of nitriles is 1. The Morgan fingerprint density at radius 1 is 1.36 bits per heavy atom. The van der Waals surface area contributed by atoms with Crippen LogP contribution in [0.3, 0.4) is 0 Å². The highest BCUT2D eigenvalue weighted by atomic mass is 32.2. The van der Waals surface area contributed by atoms with Crippen molar-refractivity contribution >= 4 is 23.4 Å². The zero-order valence-corrected chi connectivity index (χ0v) is 14.2. The van der Waals surface area contributed by atoms with Gasteiger partial charge in [0.2, 0.25) is 5.91 Å². The number of hydrogen-bond donors (Lipinski definition) is 0. The van der Waals surface area contributed by atoms with Crippen LogP contribution in [-0.2, 0) is 4.79 Å². The lowest BCUT2D eigenvalue weighted by Gasteiger charge is -2.30. The minimum Gasteiger partial charge on any atom is -0.310 e. The van der Waals surface area contributed by atoms with Gasteiger partial charge in [0, 0.05) is 36.8 Å². The third-order valence-electron chi connectivity index (χ3n) is 4.08. The third kappa shape index (κ3) is 4.25. The van der Waals surface area contributed by atoms with Crippen LogP contribution < -0.4 is 4.90 Å².